The molecular weight excluding hydrogens is 337 g/mol. The lowest BCUT2D eigenvalue weighted by Crippen LogP contribution is -2.48. The van der Waals surface area contributed by atoms with Crippen LogP contribution in [-0.2, 0) is 6.42 Å². The molecule has 6 nitrogen and oxygen atoms in total. The molecule has 1 aliphatic rings. The normalized spacial score (nSPS) is 17.2. The van der Waals surface area contributed by atoms with Crippen LogP contribution < -0.4 is 5.32 Å². The van der Waals surface area contributed by atoms with E-state index < -0.39 is 16.6 Å². The van der Waals surface area contributed by atoms with Gasteiger partial charge in [0.2, 0.25) is 0 Å². The Labute approximate surface area is 150 Å². The van der Waals surface area contributed by atoms with Crippen molar-refractivity contribution in [3.05, 3.63) is 75.1 Å². The van der Waals surface area contributed by atoms with Gasteiger partial charge in [-0.3, -0.25) is 14.9 Å². The predicted molar refractivity (Wildman–Crippen MR) is 95.5 cm³/mol. The number of amides is 1. The minimum absolute atomic E-state index is 0.216. The van der Waals surface area contributed by atoms with E-state index in [0.29, 0.717) is 19.6 Å². The van der Waals surface area contributed by atoms with Crippen molar-refractivity contribution in [3.63, 3.8) is 0 Å². The largest absolute Gasteiger partial charge is 0.329 e. The molecule has 0 aliphatic carbocycles. The van der Waals surface area contributed by atoms with Crippen LogP contribution in [-0.4, -0.2) is 35.4 Å². The molecule has 1 saturated heterocycles. The van der Waals surface area contributed by atoms with E-state index >= 15 is 0 Å². The van der Waals surface area contributed by atoms with Gasteiger partial charge < -0.3 is 10.2 Å². The highest BCUT2D eigenvalue weighted by atomic mass is 19.1. The van der Waals surface area contributed by atoms with Crippen LogP contribution in [0.3, 0.4) is 0 Å². The average Bonchev–Trinajstić information content (AvgIpc) is 2.67. The first-order chi connectivity index (χ1) is 12.5. The number of carbonyl (C=O) groups is 1. The van der Waals surface area contributed by atoms with E-state index in [4.69, 9.17) is 0 Å². The van der Waals surface area contributed by atoms with Gasteiger partial charge in [0.1, 0.15) is 11.4 Å². The van der Waals surface area contributed by atoms with Gasteiger partial charge in [-0.15, -0.1) is 0 Å². The number of benzene rings is 2. The van der Waals surface area contributed by atoms with Gasteiger partial charge in [-0.2, -0.15) is 0 Å². The molecule has 0 spiro atoms. The first-order valence-corrected chi connectivity index (χ1v) is 8.55. The Kier molecular flexibility index (Phi) is 5.27. The number of nitro groups is 1. The van der Waals surface area contributed by atoms with Crippen molar-refractivity contribution in [3.8, 4) is 0 Å². The molecule has 1 N–H and O–H groups in total. The van der Waals surface area contributed by atoms with Crippen LogP contribution in [0.1, 0.15) is 34.5 Å². The number of nitro benzene ring substituents is 1. The number of halogens is 1. The van der Waals surface area contributed by atoms with Crippen molar-refractivity contribution in [1.82, 2.24) is 10.2 Å². The maximum absolute atomic E-state index is 13.6. The lowest BCUT2D eigenvalue weighted by atomic mass is 9.99. The lowest BCUT2D eigenvalue weighted by molar-refractivity contribution is -0.385. The van der Waals surface area contributed by atoms with Crippen molar-refractivity contribution in [2.45, 2.75) is 19.4 Å². The van der Waals surface area contributed by atoms with E-state index in [9.17, 15) is 19.3 Å². The summed E-state index contributed by atoms with van der Waals surface area (Å²) in [5.74, 6) is -1.19. The summed E-state index contributed by atoms with van der Waals surface area (Å²) in [7, 11) is 0. The number of nitrogens with zero attached hydrogens (tertiary/aromatic N) is 2. The molecule has 0 radical (unpaired) electrons. The Morgan fingerprint density at radius 3 is 2.69 bits per heavy atom. The first-order valence-electron chi connectivity index (χ1n) is 8.55. The Morgan fingerprint density at radius 2 is 2.04 bits per heavy atom. The first kappa shape index (κ1) is 18.0. The maximum atomic E-state index is 13.6. The highest BCUT2D eigenvalue weighted by Gasteiger charge is 2.32. The second kappa shape index (κ2) is 7.61. The molecule has 26 heavy (non-hydrogen) atoms. The summed E-state index contributed by atoms with van der Waals surface area (Å²) >= 11 is 0. The molecule has 0 saturated carbocycles. The standard InChI is InChI=1S/C19H20FN3O3/c1-2-13-3-5-14(6-4-13)18-12-21-9-10-22(18)19(24)16-11-15(20)7-8-17(16)23(25)26/h3-8,11,18,21H,2,9-10,12H2,1H3. The van der Waals surface area contributed by atoms with Gasteiger partial charge in [0.15, 0.2) is 0 Å². The van der Waals surface area contributed by atoms with E-state index in [2.05, 4.69) is 12.2 Å². The van der Waals surface area contributed by atoms with E-state index in [-0.39, 0.29) is 17.3 Å². The summed E-state index contributed by atoms with van der Waals surface area (Å²) in [4.78, 5) is 25.2. The van der Waals surface area contributed by atoms with Crippen LogP contribution in [0.2, 0.25) is 0 Å². The monoisotopic (exact) mass is 357 g/mol. The van der Waals surface area contributed by atoms with Crippen LogP contribution in [0.15, 0.2) is 42.5 Å². The molecule has 2 aromatic rings. The van der Waals surface area contributed by atoms with Gasteiger partial charge in [-0.25, -0.2) is 4.39 Å². The van der Waals surface area contributed by atoms with Crippen molar-refractivity contribution < 1.29 is 14.1 Å². The van der Waals surface area contributed by atoms with Gasteiger partial charge in [-0.1, -0.05) is 31.2 Å². The number of hydrogen-bond acceptors (Lipinski definition) is 4. The molecule has 1 heterocycles. The summed E-state index contributed by atoms with van der Waals surface area (Å²) in [6.07, 6.45) is 0.918. The van der Waals surface area contributed by atoms with Crippen LogP contribution in [0.4, 0.5) is 10.1 Å². The van der Waals surface area contributed by atoms with E-state index in [1.807, 2.05) is 24.3 Å². The molecule has 1 fully saturated rings. The molecule has 0 bridgehead atoms. The van der Waals surface area contributed by atoms with Gasteiger partial charge in [0.05, 0.1) is 11.0 Å². The summed E-state index contributed by atoms with van der Waals surface area (Å²) in [6.45, 7) is 3.58. The third-order valence-corrected chi connectivity index (χ3v) is 4.66. The van der Waals surface area contributed by atoms with Gasteiger partial charge in [0, 0.05) is 25.7 Å². The third-order valence-electron chi connectivity index (χ3n) is 4.66. The van der Waals surface area contributed by atoms with Crippen LogP contribution in [0, 0.1) is 15.9 Å². The fourth-order valence-corrected chi connectivity index (χ4v) is 3.21. The van der Waals surface area contributed by atoms with Gasteiger partial charge in [0.25, 0.3) is 11.6 Å². The molecular formula is C19H20FN3O3. The quantitative estimate of drug-likeness (QED) is 0.674. The number of piperazine rings is 1. The van der Waals surface area contributed by atoms with Crippen molar-refractivity contribution in [2.75, 3.05) is 19.6 Å². The molecule has 3 rings (SSSR count). The molecule has 136 valence electrons. The predicted octanol–water partition coefficient (Wildman–Crippen LogP) is 3.08. The van der Waals surface area contributed by atoms with E-state index in [1.165, 1.54) is 5.56 Å². The van der Waals surface area contributed by atoms with Gasteiger partial charge in [-0.05, 0) is 29.7 Å². The average molecular weight is 357 g/mol. The number of aryl methyl sites for hydroxylation is 1. The Morgan fingerprint density at radius 1 is 1.31 bits per heavy atom. The molecule has 0 aromatic heterocycles. The van der Waals surface area contributed by atoms with E-state index in [1.54, 1.807) is 4.90 Å². The topological polar surface area (TPSA) is 75.5 Å². The second-order valence-corrected chi connectivity index (χ2v) is 6.23. The Balaban J connectivity index is 1.96. The molecule has 2 aromatic carbocycles. The fourth-order valence-electron chi connectivity index (χ4n) is 3.21. The number of rotatable bonds is 4. The zero-order valence-electron chi connectivity index (χ0n) is 14.4. The summed E-state index contributed by atoms with van der Waals surface area (Å²) in [5.41, 5.74) is 1.54. The van der Waals surface area contributed by atoms with Crippen LogP contribution in [0.25, 0.3) is 0 Å². The Bertz CT molecular complexity index is 823. The minimum Gasteiger partial charge on any atom is -0.329 e. The van der Waals surface area contributed by atoms with E-state index in [0.717, 1.165) is 30.2 Å². The maximum Gasteiger partial charge on any atom is 0.282 e. The molecule has 7 heteroatoms. The molecule has 1 unspecified atom stereocenters. The lowest BCUT2D eigenvalue weighted by Gasteiger charge is -2.36. The smallest absolute Gasteiger partial charge is 0.282 e. The van der Waals surface area contributed by atoms with Crippen LogP contribution >= 0.6 is 0 Å². The highest BCUT2D eigenvalue weighted by Crippen LogP contribution is 2.28. The van der Waals surface area contributed by atoms with Gasteiger partial charge >= 0.3 is 0 Å². The summed E-state index contributed by atoms with van der Waals surface area (Å²) in [5, 5.41) is 14.5. The molecule has 1 atom stereocenters. The van der Waals surface area contributed by atoms with Crippen molar-refractivity contribution >= 4 is 11.6 Å². The molecule has 1 aliphatic heterocycles. The SMILES string of the molecule is CCc1ccc(C2CNCCN2C(=O)c2cc(F)ccc2[N+](=O)[O-])cc1. The zero-order chi connectivity index (χ0) is 18.7. The minimum atomic E-state index is -0.669. The number of hydrogen-bond donors (Lipinski definition) is 1. The Hall–Kier alpha value is -2.80. The van der Waals surface area contributed by atoms with Crippen LogP contribution in [0.5, 0.6) is 0 Å². The number of carbonyl (C=O) groups excluding carboxylic acids is 1. The third kappa shape index (κ3) is 3.57. The second-order valence-electron chi connectivity index (χ2n) is 6.23. The summed E-state index contributed by atoms with van der Waals surface area (Å²) in [6, 6.07) is 10.7. The summed E-state index contributed by atoms with van der Waals surface area (Å²) < 4.78 is 13.6. The number of nitrogens with one attached hydrogen (secondary N) is 1. The highest BCUT2D eigenvalue weighted by molar-refractivity contribution is 5.98. The van der Waals surface area contributed by atoms with Crippen molar-refractivity contribution in [1.29, 1.82) is 0 Å². The fraction of sp³-hybridized carbons (Fsp3) is 0.316. The zero-order valence-corrected chi connectivity index (χ0v) is 14.4. The molecule has 1 amide bonds. The van der Waals surface area contributed by atoms with Crippen molar-refractivity contribution in [2.24, 2.45) is 0 Å².